The molecule has 0 atom stereocenters. The lowest BCUT2D eigenvalue weighted by Crippen LogP contribution is -2.05. The van der Waals surface area contributed by atoms with Crippen molar-refractivity contribution in [1.29, 1.82) is 0 Å². The zero-order valence-corrected chi connectivity index (χ0v) is 46.2. The van der Waals surface area contributed by atoms with Gasteiger partial charge in [0.2, 0.25) is 0 Å². The summed E-state index contributed by atoms with van der Waals surface area (Å²) in [4.78, 5) is 30.2. The van der Waals surface area contributed by atoms with E-state index in [0.717, 1.165) is 56.6 Å². The molecule has 4 aromatic heterocycles. The van der Waals surface area contributed by atoms with Crippen molar-refractivity contribution in [3.05, 3.63) is 278 Å². The first kappa shape index (κ1) is 53.4. The van der Waals surface area contributed by atoms with Crippen LogP contribution < -0.4 is 0 Å². The minimum Gasteiger partial charge on any atom is -0.309 e. The predicted molar refractivity (Wildman–Crippen MR) is 335 cm³/mol. The number of para-hydroxylation sites is 2. The molecule has 8 nitrogen and oxygen atoms in total. The molecule has 0 spiro atoms. The molecule has 14 heteroatoms. The molecule has 0 amide bonds. The van der Waals surface area contributed by atoms with Crippen LogP contribution in [0.3, 0.4) is 0 Å². The van der Waals surface area contributed by atoms with Crippen molar-refractivity contribution in [3.63, 3.8) is 0 Å². The fourth-order valence-corrected chi connectivity index (χ4v) is 11.7. The van der Waals surface area contributed by atoms with Gasteiger partial charge in [0, 0.05) is 66.1 Å². The number of rotatable bonds is 10. The first-order chi connectivity index (χ1) is 42.9. The molecule has 4 heterocycles. The van der Waals surface area contributed by atoms with Crippen LogP contribution in [0.25, 0.3) is 146 Å². The van der Waals surface area contributed by atoms with Crippen LogP contribution in [0.1, 0.15) is 11.1 Å². The number of fused-ring (bicyclic) bond motifs is 6. The molecule has 11 aromatic carbocycles. The van der Waals surface area contributed by atoms with Gasteiger partial charge in [-0.3, -0.25) is 0 Å². The summed E-state index contributed by atoms with van der Waals surface area (Å²) in [6.07, 6.45) is -9.20. The summed E-state index contributed by atoms with van der Waals surface area (Å²) >= 11 is 0. The molecule has 15 rings (SSSR count). The zero-order valence-electron chi connectivity index (χ0n) is 46.2. The van der Waals surface area contributed by atoms with E-state index in [1.807, 2.05) is 234 Å². The van der Waals surface area contributed by atoms with Crippen molar-refractivity contribution in [2.45, 2.75) is 12.4 Å². The summed E-state index contributed by atoms with van der Waals surface area (Å²) in [5, 5.41) is 2.07. The second kappa shape index (κ2) is 21.3. The van der Waals surface area contributed by atoms with Gasteiger partial charge < -0.3 is 9.13 Å². The van der Waals surface area contributed by atoms with Crippen LogP contribution in [-0.4, -0.2) is 39.0 Å². The van der Waals surface area contributed by atoms with E-state index < -0.39 is 23.5 Å². The Morgan fingerprint density at radius 3 is 0.864 bits per heavy atom. The smallest absolute Gasteiger partial charge is 0.309 e. The summed E-state index contributed by atoms with van der Waals surface area (Å²) in [7, 11) is 0. The Morgan fingerprint density at radius 2 is 0.523 bits per heavy atom. The highest BCUT2D eigenvalue weighted by atomic mass is 19.4. The highest BCUT2D eigenvalue weighted by molar-refractivity contribution is 6.11. The summed E-state index contributed by atoms with van der Waals surface area (Å²) < 4.78 is 91.5. The average molecular weight is 1160 g/mol. The predicted octanol–water partition coefficient (Wildman–Crippen LogP) is 19.6. The Bertz CT molecular complexity index is 4740. The van der Waals surface area contributed by atoms with Gasteiger partial charge in [0.05, 0.1) is 44.6 Å². The summed E-state index contributed by atoms with van der Waals surface area (Å²) in [6, 6.07) is 80.7. The molecule has 0 N–H and O–H groups in total. The molecular weight excluding hydrogens is 1110 g/mol. The standard InChI is InChI=1S/C74H44F6N8/c75-73(76,77)53-34-38-63-59(43-53)57-28-13-15-30-61(57)87(63)65-41-51(71-83-67(45-18-5-1-6-19-45)81-68(84-71)46-20-7-2-8-21-46)32-36-55(65)49-26-17-27-50(40-49)56-37-33-52(72-85-69(47-22-9-3-10-23-47)82-70(86-72)48-24-11-4-12-25-48)42-66(56)88-62-31-16-14-29-58(62)60-44-54(74(78,79)80)35-39-64(60)88/h1-44H. The molecule has 0 saturated heterocycles. The van der Waals surface area contributed by atoms with Crippen molar-refractivity contribution in [2.24, 2.45) is 0 Å². The molecule has 422 valence electrons. The fraction of sp³-hybridized carbons (Fsp3) is 0.0270. The Hall–Kier alpha value is -11.4. The molecule has 15 aromatic rings. The summed E-state index contributed by atoms with van der Waals surface area (Å²) in [5.74, 6) is 2.56. The number of aromatic nitrogens is 8. The molecule has 0 aliphatic carbocycles. The van der Waals surface area contributed by atoms with Gasteiger partial charge in [-0.05, 0) is 77.9 Å². The van der Waals surface area contributed by atoms with E-state index in [0.29, 0.717) is 101 Å². The van der Waals surface area contributed by atoms with E-state index in [1.165, 1.54) is 24.3 Å². The number of alkyl halides is 6. The van der Waals surface area contributed by atoms with Gasteiger partial charge in [-0.25, -0.2) is 29.9 Å². The fourth-order valence-electron chi connectivity index (χ4n) is 11.7. The second-order valence-electron chi connectivity index (χ2n) is 21.3. The molecule has 88 heavy (non-hydrogen) atoms. The normalized spacial score (nSPS) is 12.0. The molecule has 0 bridgehead atoms. The van der Waals surface area contributed by atoms with E-state index in [1.54, 1.807) is 0 Å². The average Bonchev–Trinajstić information content (AvgIpc) is 2.04. The first-order valence-corrected chi connectivity index (χ1v) is 28.2. The van der Waals surface area contributed by atoms with Crippen LogP contribution in [0.15, 0.2) is 267 Å². The number of hydrogen-bond donors (Lipinski definition) is 0. The lowest BCUT2D eigenvalue weighted by atomic mass is 9.95. The second-order valence-corrected chi connectivity index (χ2v) is 21.3. The van der Waals surface area contributed by atoms with Gasteiger partial charge in [0.15, 0.2) is 34.9 Å². The van der Waals surface area contributed by atoms with Crippen molar-refractivity contribution in [1.82, 2.24) is 39.0 Å². The SMILES string of the molecule is FC(F)(F)c1ccc2c(c1)c1ccccc1n2-c1cc(-c2nc(-c3ccccc3)nc(-c3ccccc3)n2)ccc1-c1cccc(-c2ccc(-c3nc(-c4ccccc4)nc(-c4ccccc4)n3)cc2-n2c3ccccc3c3cc(C(F)(F)F)ccc32)c1. The minimum atomic E-state index is -4.60. The van der Waals surface area contributed by atoms with Crippen molar-refractivity contribution >= 4 is 43.6 Å². The quantitative estimate of drug-likeness (QED) is 0.127. The van der Waals surface area contributed by atoms with Gasteiger partial charge in [-0.1, -0.05) is 200 Å². The van der Waals surface area contributed by atoms with Crippen LogP contribution in [0.2, 0.25) is 0 Å². The monoisotopic (exact) mass is 1160 g/mol. The van der Waals surface area contributed by atoms with E-state index in [2.05, 4.69) is 6.07 Å². The maximum Gasteiger partial charge on any atom is 0.416 e. The van der Waals surface area contributed by atoms with E-state index >= 15 is 0 Å². The molecular formula is C74H44F6N8. The van der Waals surface area contributed by atoms with E-state index in [9.17, 15) is 26.3 Å². The zero-order chi connectivity index (χ0) is 59.7. The van der Waals surface area contributed by atoms with Gasteiger partial charge >= 0.3 is 12.4 Å². The molecule has 0 radical (unpaired) electrons. The Labute approximate surface area is 499 Å². The molecule has 0 unspecified atom stereocenters. The van der Waals surface area contributed by atoms with Gasteiger partial charge in [-0.2, -0.15) is 26.3 Å². The van der Waals surface area contributed by atoms with Crippen LogP contribution in [0.5, 0.6) is 0 Å². The number of nitrogens with zero attached hydrogens (tertiary/aromatic N) is 8. The third-order valence-electron chi connectivity index (χ3n) is 15.9. The van der Waals surface area contributed by atoms with Gasteiger partial charge in [-0.15, -0.1) is 0 Å². The lowest BCUT2D eigenvalue weighted by molar-refractivity contribution is -0.138. The third kappa shape index (κ3) is 9.66. The summed E-state index contributed by atoms with van der Waals surface area (Å²) in [6.45, 7) is 0. The Balaban J connectivity index is 0.972. The van der Waals surface area contributed by atoms with Gasteiger partial charge in [0.1, 0.15) is 0 Å². The van der Waals surface area contributed by atoms with Crippen molar-refractivity contribution < 1.29 is 26.3 Å². The number of hydrogen-bond acceptors (Lipinski definition) is 6. The van der Waals surface area contributed by atoms with Crippen LogP contribution in [0.4, 0.5) is 26.3 Å². The van der Waals surface area contributed by atoms with Crippen molar-refractivity contribution in [2.75, 3.05) is 0 Å². The topological polar surface area (TPSA) is 87.2 Å². The van der Waals surface area contributed by atoms with Crippen LogP contribution in [0, 0.1) is 0 Å². The largest absolute Gasteiger partial charge is 0.416 e. The van der Waals surface area contributed by atoms with Crippen LogP contribution >= 0.6 is 0 Å². The molecule has 0 saturated carbocycles. The molecule has 0 aliphatic heterocycles. The Morgan fingerprint density at radius 1 is 0.227 bits per heavy atom. The van der Waals surface area contributed by atoms with Crippen molar-refractivity contribution in [3.8, 4) is 102 Å². The summed E-state index contributed by atoms with van der Waals surface area (Å²) in [5.41, 5.74) is 9.39. The number of halogens is 6. The third-order valence-corrected chi connectivity index (χ3v) is 15.9. The maximum atomic E-state index is 14.6. The molecule has 0 aliphatic rings. The van der Waals surface area contributed by atoms with Gasteiger partial charge in [0.25, 0.3) is 0 Å². The Kier molecular flexibility index (Phi) is 12.9. The maximum absolute atomic E-state index is 14.6. The molecule has 0 fully saturated rings. The highest BCUT2D eigenvalue weighted by Crippen LogP contribution is 2.45. The van der Waals surface area contributed by atoms with E-state index in [-0.39, 0.29) is 0 Å². The van der Waals surface area contributed by atoms with E-state index in [4.69, 9.17) is 29.9 Å². The number of benzene rings is 11. The highest BCUT2D eigenvalue weighted by Gasteiger charge is 2.33. The first-order valence-electron chi connectivity index (χ1n) is 28.2. The minimum absolute atomic E-state index is 0.373. The van der Waals surface area contributed by atoms with Crippen LogP contribution in [-0.2, 0) is 12.4 Å². The lowest BCUT2D eigenvalue weighted by Gasteiger charge is -2.19.